The second-order valence-corrected chi connectivity index (χ2v) is 4.20. The van der Waals surface area contributed by atoms with Gasteiger partial charge in [0.2, 0.25) is 0 Å². The molecule has 2 aliphatic rings. The molecular formula is C10H19NO. The predicted molar refractivity (Wildman–Crippen MR) is 48.9 cm³/mol. The van der Waals surface area contributed by atoms with E-state index >= 15 is 0 Å². The van der Waals surface area contributed by atoms with E-state index in [-0.39, 0.29) is 6.61 Å². The Morgan fingerprint density at radius 2 is 1.83 bits per heavy atom. The number of hydrogen-bond donors (Lipinski definition) is 2. The zero-order valence-electron chi connectivity index (χ0n) is 7.63. The van der Waals surface area contributed by atoms with Crippen LogP contribution in [0.4, 0.5) is 0 Å². The standard InChI is InChI=1S/C10H19NO/c12-6-5-11-7-10-8-3-1-2-4-9(8)10/h8-12H,1-7H2. The SMILES string of the molecule is OCCNCC1C2CCCCC21. The minimum atomic E-state index is 0.280. The van der Waals surface area contributed by atoms with Crippen molar-refractivity contribution in [1.82, 2.24) is 5.32 Å². The largest absolute Gasteiger partial charge is 0.395 e. The third-order valence-corrected chi connectivity index (χ3v) is 3.50. The average molecular weight is 169 g/mol. The number of aliphatic hydroxyl groups is 1. The highest BCUT2D eigenvalue weighted by Gasteiger charge is 2.49. The van der Waals surface area contributed by atoms with Crippen LogP contribution in [-0.4, -0.2) is 24.8 Å². The lowest BCUT2D eigenvalue weighted by atomic mass is 10.0. The summed E-state index contributed by atoms with van der Waals surface area (Å²) in [7, 11) is 0. The number of aliphatic hydroxyl groups excluding tert-OH is 1. The molecule has 2 atom stereocenters. The van der Waals surface area contributed by atoms with E-state index in [0.29, 0.717) is 0 Å². The molecule has 0 spiro atoms. The molecule has 2 nitrogen and oxygen atoms in total. The van der Waals surface area contributed by atoms with Crippen molar-refractivity contribution in [2.75, 3.05) is 19.7 Å². The molecule has 2 saturated carbocycles. The Morgan fingerprint density at radius 1 is 1.17 bits per heavy atom. The monoisotopic (exact) mass is 169 g/mol. The molecule has 0 bridgehead atoms. The van der Waals surface area contributed by atoms with E-state index in [1.165, 1.54) is 25.7 Å². The van der Waals surface area contributed by atoms with E-state index in [9.17, 15) is 0 Å². The van der Waals surface area contributed by atoms with Crippen molar-refractivity contribution in [3.05, 3.63) is 0 Å². The van der Waals surface area contributed by atoms with E-state index in [1.54, 1.807) is 0 Å². The molecule has 2 unspecified atom stereocenters. The molecule has 2 N–H and O–H groups in total. The van der Waals surface area contributed by atoms with E-state index in [4.69, 9.17) is 5.11 Å². The zero-order valence-corrected chi connectivity index (χ0v) is 7.63. The molecule has 0 aromatic carbocycles. The Labute approximate surface area is 74.4 Å². The second-order valence-electron chi connectivity index (χ2n) is 4.20. The number of rotatable bonds is 4. The highest BCUT2D eigenvalue weighted by atomic mass is 16.3. The van der Waals surface area contributed by atoms with Gasteiger partial charge in [-0.1, -0.05) is 12.8 Å². The number of nitrogens with one attached hydrogen (secondary N) is 1. The van der Waals surface area contributed by atoms with Crippen LogP contribution in [-0.2, 0) is 0 Å². The summed E-state index contributed by atoms with van der Waals surface area (Å²) in [5, 5.41) is 11.9. The van der Waals surface area contributed by atoms with Gasteiger partial charge < -0.3 is 10.4 Å². The molecule has 0 aliphatic heterocycles. The fraction of sp³-hybridized carbons (Fsp3) is 1.00. The first-order valence-electron chi connectivity index (χ1n) is 5.25. The van der Waals surface area contributed by atoms with Crippen LogP contribution >= 0.6 is 0 Å². The fourth-order valence-corrected chi connectivity index (χ4v) is 2.79. The van der Waals surface area contributed by atoms with Gasteiger partial charge in [-0.25, -0.2) is 0 Å². The van der Waals surface area contributed by atoms with Gasteiger partial charge in [0.05, 0.1) is 6.61 Å². The van der Waals surface area contributed by atoms with Crippen molar-refractivity contribution in [1.29, 1.82) is 0 Å². The van der Waals surface area contributed by atoms with Crippen molar-refractivity contribution in [3.63, 3.8) is 0 Å². The minimum absolute atomic E-state index is 0.280. The van der Waals surface area contributed by atoms with Crippen LogP contribution in [0.3, 0.4) is 0 Å². The summed E-state index contributed by atoms with van der Waals surface area (Å²) < 4.78 is 0. The van der Waals surface area contributed by atoms with Crippen LogP contribution < -0.4 is 5.32 Å². The second kappa shape index (κ2) is 3.75. The van der Waals surface area contributed by atoms with Gasteiger partial charge >= 0.3 is 0 Å². The average Bonchev–Trinajstić information content (AvgIpc) is 2.80. The Bertz CT molecular complexity index is 137. The Kier molecular flexibility index (Phi) is 2.66. The highest BCUT2D eigenvalue weighted by Crippen LogP contribution is 2.54. The molecule has 0 aromatic rings. The normalized spacial score (nSPS) is 39.2. The first-order valence-corrected chi connectivity index (χ1v) is 5.25. The van der Waals surface area contributed by atoms with Crippen LogP contribution in [0, 0.1) is 17.8 Å². The Hall–Kier alpha value is -0.0800. The van der Waals surface area contributed by atoms with Crippen LogP contribution in [0.25, 0.3) is 0 Å². The highest BCUT2D eigenvalue weighted by molar-refractivity contribution is 4.99. The van der Waals surface area contributed by atoms with E-state index in [0.717, 1.165) is 30.8 Å². The summed E-state index contributed by atoms with van der Waals surface area (Å²) in [6.45, 7) is 2.20. The van der Waals surface area contributed by atoms with Gasteiger partial charge in [0.25, 0.3) is 0 Å². The molecule has 0 amide bonds. The van der Waals surface area contributed by atoms with Crippen LogP contribution in [0.5, 0.6) is 0 Å². The summed E-state index contributed by atoms with van der Waals surface area (Å²) in [5.74, 6) is 3.05. The van der Waals surface area contributed by atoms with Crippen molar-refractivity contribution >= 4 is 0 Å². The minimum Gasteiger partial charge on any atom is -0.395 e. The lowest BCUT2D eigenvalue weighted by Gasteiger charge is -2.04. The van der Waals surface area contributed by atoms with Crippen LogP contribution in [0.2, 0.25) is 0 Å². The molecule has 0 aromatic heterocycles. The molecule has 2 aliphatic carbocycles. The molecule has 0 radical (unpaired) electrons. The van der Waals surface area contributed by atoms with Crippen molar-refractivity contribution < 1.29 is 5.11 Å². The fourth-order valence-electron chi connectivity index (χ4n) is 2.79. The van der Waals surface area contributed by atoms with Gasteiger partial charge in [0, 0.05) is 6.54 Å². The molecule has 0 heterocycles. The summed E-state index contributed by atoms with van der Waals surface area (Å²) in [5.41, 5.74) is 0. The van der Waals surface area contributed by atoms with Crippen LogP contribution in [0.15, 0.2) is 0 Å². The first kappa shape index (κ1) is 8.52. The summed E-state index contributed by atoms with van der Waals surface area (Å²) in [4.78, 5) is 0. The van der Waals surface area contributed by atoms with Crippen molar-refractivity contribution in [2.24, 2.45) is 17.8 Å². The first-order chi connectivity index (χ1) is 5.93. The maximum absolute atomic E-state index is 8.60. The number of fused-ring (bicyclic) bond motifs is 1. The van der Waals surface area contributed by atoms with Gasteiger partial charge in [0.1, 0.15) is 0 Å². The quantitative estimate of drug-likeness (QED) is 0.615. The maximum Gasteiger partial charge on any atom is 0.0555 e. The molecule has 2 rings (SSSR count). The van der Waals surface area contributed by atoms with E-state index in [2.05, 4.69) is 5.32 Å². The Morgan fingerprint density at radius 3 is 2.42 bits per heavy atom. The van der Waals surface area contributed by atoms with Crippen LogP contribution in [0.1, 0.15) is 25.7 Å². The van der Waals surface area contributed by atoms with Gasteiger partial charge in [-0.05, 0) is 37.1 Å². The molecular weight excluding hydrogens is 150 g/mol. The van der Waals surface area contributed by atoms with Gasteiger partial charge in [0.15, 0.2) is 0 Å². The summed E-state index contributed by atoms with van der Waals surface area (Å²) in [6.07, 6.45) is 5.85. The van der Waals surface area contributed by atoms with Crippen molar-refractivity contribution in [3.8, 4) is 0 Å². The topological polar surface area (TPSA) is 32.3 Å². The molecule has 70 valence electrons. The maximum atomic E-state index is 8.60. The summed E-state index contributed by atoms with van der Waals surface area (Å²) >= 11 is 0. The van der Waals surface area contributed by atoms with Gasteiger partial charge in [-0.15, -0.1) is 0 Å². The van der Waals surface area contributed by atoms with Crippen molar-refractivity contribution in [2.45, 2.75) is 25.7 Å². The molecule has 2 fully saturated rings. The zero-order chi connectivity index (χ0) is 8.39. The van der Waals surface area contributed by atoms with E-state index < -0.39 is 0 Å². The molecule has 0 saturated heterocycles. The lowest BCUT2D eigenvalue weighted by Crippen LogP contribution is -2.21. The third-order valence-electron chi connectivity index (χ3n) is 3.50. The predicted octanol–water partition coefficient (Wildman–Crippen LogP) is 1.00. The van der Waals surface area contributed by atoms with E-state index in [1.807, 2.05) is 0 Å². The molecule has 12 heavy (non-hydrogen) atoms. The number of hydrogen-bond acceptors (Lipinski definition) is 2. The smallest absolute Gasteiger partial charge is 0.0555 e. The third kappa shape index (κ3) is 1.64. The Balaban J connectivity index is 1.64. The lowest BCUT2D eigenvalue weighted by molar-refractivity contribution is 0.291. The molecule has 2 heteroatoms. The van der Waals surface area contributed by atoms with Gasteiger partial charge in [-0.2, -0.15) is 0 Å². The van der Waals surface area contributed by atoms with Gasteiger partial charge in [-0.3, -0.25) is 0 Å². The summed E-state index contributed by atoms with van der Waals surface area (Å²) in [6, 6.07) is 0.